The Balaban J connectivity index is 2.20. The molecule has 0 bridgehead atoms. The Bertz CT molecular complexity index is 595. The summed E-state index contributed by atoms with van der Waals surface area (Å²) in [4.78, 5) is 25.5. The van der Waals surface area contributed by atoms with Crippen molar-refractivity contribution >= 4 is 27.5 Å². The van der Waals surface area contributed by atoms with Crippen LogP contribution >= 0.6 is 15.9 Å². The third-order valence-corrected chi connectivity index (χ3v) is 3.15. The Morgan fingerprint density at radius 1 is 1.39 bits per heavy atom. The van der Waals surface area contributed by atoms with Gasteiger partial charge in [0, 0.05) is 5.56 Å². The first-order valence-corrected chi connectivity index (χ1v) is 5.82. The van der Waals surface area contributed by atoms with Crippen LogP contribution in [0.25, 0.3) is 0 Å². The van der Waals surface area contributed by atoms with Crippen molar-refractivity contribution in [1.82, 2.24) is 9.55 Å². The van der Waals surface area contributed by atoms with E-state index in [4.69, 9.17) is 0 Å². The minimum Gasteiger partial charge on any atom is -0.358 e. The molecule has 0 aliphatic rings. The molecule has 0 saturated heterocycles. The molecule has 0 radical (unpaired) electrons. The van der Waals surface area contributed by atoms with Gasteiger partial charge in [-0.25, -0.2) is 0 Å². The zero-order valence-corrected chi connectivity index (χ0v) is 10.7. The molecule has 7 heteroatoms. The van der Waals surface area contributed by atoms with Gasteiger partial charge in [0.15, 0.2) is 10.4 Å². The van der Waals surface area contributed by atoms with E-state index >= 15 is 0 Å². The third-order valence-electron chi connectivity index (χ3n) is 2.34. The predicted octanol–water partition coefficient (Wildman–Crippen LogP) is 2.44. The van der Waals surface area contributed by atoms with Crippen LogP contribution in [0.3, 0.4) is 0 Å². The first-order valence-electron chi connectivity index (χ1n) is 5.03. The fourth-order valence-corrected chi connectivity index (χ4v) is 1.92. The number of benzene rings is 1. The summed E-state index contributed by atoms with van der Waals surface area (Å²) in [5, 5.41) is 10.6. The zero-order chi connectivity index (χ0) is 13.1. The monoisotopic (exact) mass is 309 g/mol. The van der Waals surface area contributed by atoms with E-state index in [1.54, 1.807) is 24.3 Å². The predicted molar refractivity (Wildman–Crippen MR) is 67.4 cm³/mol. The van der Waals surface area contributed by atoms with E-state index in [-0.39, 0.29) is 22.7 Å². The van der Waals surface area contributed by atoms with Crippen LogP contribution in [0.1, 0.15) is 10.4 Å². The van der Waals surface area contributed by atoms with Crippen molar-refractivity contribution in [1.29, 1.82) is 0 Å². The lowest BCUT2D eigenvalue weighted by Gasteiger charge is -2.02. The van der Waals surface area contributed by atoms with Gasteiger partial charge < -0.3 is 10.1 Å². The van der Waals surface area contributed by atoms with Crippen LogP contribution < -0.4 is 0 Å². The first-order chi connectivity index (χ1) is 8.59. The van der Waals surface area contributed by atoms with Gasteiger partial charge in [0.25, 0.3) is 0 Å². The number of aromatic nitrogens is 2. The van der Waals surface area contributed by atoms with Crippen molar-refractivity contribution in [2.75, 3.05) is 0 Å². The van der Waals surface area contributed by atoms with E-state index in [0.29, 0.717) is 5.56 Å². The van der Waals surface area contributed by atoms with Crippen molar-refractivity contribution in [3.05, 3.63) is 56.9 Å². The Hall–Kier alpha value is -2.02. The fourth-order valence-electron chi connectivity index (χ4n) is 1.46. The van der Waals surface area contributed by atoms with Crippen LogP contribution in [-0.2, 0) is 6.54 Å². The summed E-state index contributed by atoms with van der Waals surface area (Å²) in [5.74, 6) is -0.431. The topological polar surface area (TPSA) is 78.0 Å². The summed E-state index contributed by atoms with van der Waals surface area (Å²) in [7, 11) is 0. The van der Waals surface area contributed by atoms with Gasteiger partial charge in [-0.1, -0.05) is 30.3 Å². The molecule has 0 saturated carbocycles. The number of carbonyl (C=O) groups excluding carboxylic acids is 1. The van der Waals surface area contributed by atoms with E-state index in [1.165, 1.54) is 10.9 Å². The normalized spacial score (nSPS) is 10.3. The van der Waals surface area contributed by atoms with Gasteiger partial charge in [-0.3, -0.25) is 9.36 Å². The van der Waals surface area contributed by atoms with E-state index in [9.17, 15) is 14.9 Å². The van der Waals surface area contributed by atoms with Crippen molar-refractivity contribution in [2.45, 2.75) is 6.54 Å². The van der Waals surface area contributed by atoms with Crippen LogP contribution in [0.15, 0.2) is 41.3 Å². The zero-order valence-electron chi connectivity index (χ0n) is 9.12. The van der Waals surface area contributed by atoms with Gasteiger partial charge in [0.1, 0.15) is 0 Å². The Kier molecular flexibility index (Phi) is 3.52. The second kappa shape index (κ2) is 5.09. The van der Waals surface area contributed by atoms with E-state index in [0.717, 1.165) is 0 Å². The number of carbonyl (C=O) groups is 1. The number of hydrogen-bond acceptors (Lipinski definition) is 4. The molecule has 0 fully saturated rings. The van der Waals surface area contributed by atoms with Gasteiger partial charge in [-0.2, -0.15) is 0 Å². The fraction of sp³-hybridized carbons (Fsp3) is 0.0909. The van der Waals surface area contributed by atoms with E-state index < -0.39 is 4.92 Å². The van der Waals surface area contributed by atoms with Crippen LogP contribution in [0.5, 0.6) is 0 Å². The molecule has 0 unspecified atom stereocenters. The molecule has 2 aromatic rings. The van der Waals surface area contributed by atoms with Gasteiger partial charge in [0.2, 0.25) is 6.33 Å². The lowest BCUT2D eigenvalue weighted by molar-refractivity contribution is -0.390. The highest BCUT2D eigenvalue weighted by atomic mass is 79.9. The van der Waals surface area contributed by atoms with Gasteiger partial charge in [0.05, 0.1) is 6.54 Å². The molecule has 0 aliphatic heterocycles. The molecule has 1 aromatic heterocycles. The molecular formula is C11H8BrN3O3. The third kappa shape index (κ3) is 2.45. The van der Waals surface area contributed by atoms with Crippen molar-refractivity contribution < 1.29 is 9.72 Å². The molecule has 0 spiro atoms. The minimum atomic E-state index is -0.604. The Morgan fingerprint density at radius 3 is 2.61 bits per heavy atom. The van der Waals surface area contributed by atoms with Crippen molar-refractivity contribution in [3.8, 4) is 0 Å². The molecule has 0 amide bonds. The number of nitro groups is 1. The Morgan fingerprint density at radius 2 is 2.06 bits per heavy atom. The average molecular weight is 310 g/mol. The maximum absolute atomic E-state index is 11.9. The average Bonchev–Trinajstić information content (AvgIpc) is 2.72. The second-order valence-electron chi connectivity index (χ2n) is 3.53. The lowest BCUT2D eigenvalue weighted by Crippen LogP contribution is -2.09. The van der Waals surface area contributed by atoms with Gasteiger partial charge in [-0.15, -0.1) is 0 Å². The SMILES string of the molecule is O=C(Cn1cnc([N+](=O)[O-])c1Br)c1ccccc1. The maximum atomic E-state index is 11.9. The summed E-state index contributed by atoms with van der Waals surface area (Å²) < 4.78 is 1.59. The summed E-state index contributed by atoms with van der Waals surface area (Å²) >= 11 is 3.06. The quantitative estimate of drug-likeness (QED) is 0.493. The van der Waals surface area contributed by atoms with Gasteiger partial charge in [-0.05, 0) is 25.8 Å². The molecule has 2 rings (SSSR count). The second-order valence-corrected chi connectivity index (χ2v) is 4.28. The van der Waals surface area contributed by atoms with Crippen molar-refractivity contribution in [2.24, 2.45) is 0 Å². The number of Topliss-reactive ketones (excluding diaryl/α,β-unsaturated/α-hetero) is 1. The standard InChI is InChI=1S/C11H8BrN3O3/c12-10-11(15(17)18)13-7-14(10)6-9(16)8-4-2-1-3-5-8/h1-5,7H,6H2. The van der Waals surface area contributed by atoms with E-state index in [2.05, 4.69) is 20.9 Å². The van der Waals surface area contributed by atoms with Crippen LogP contribution in [0.4, 0.5) is 5.82 Å². The van der Waals surface area contributed by atoms with Gasteiger partial charge >= 0.3 is 5.82 Å². The number of hydrogen-bond donors (Lipinski definition) is 0. The number of imidazole rings is 1. The molecule has 0 aliphatic carbocycles. The summed E-state index contributed by atoms with van der Waals surface area (Å²) in [6.45, 7) is 0.00539. The summed E-state index contributed by atoms with van der Waals surface area (Å²) in [5.41, 5.74) is 0.556. The molecule has 1 heterocycles. The molecule has 18 heavy (non-hydrogen) atoms. The highest BCUT2D eigenvalue weighted by Gasteiger charge is 2.20. The molecule has 6 nitrogen and oxygen atoms in total. The summed E-state index contributed by atoms with van der Waals surface area (Å²) in [6.07, 6.45) is 1.27. The number of nitrogens with zero attached hydrogens (tertiary/aromatic N) is 3. The highest BCUT2D eigenvalue weighted by Crippen LogP contribution is 2.22. The number of rotatable bonds is 4. The van der Waals surface area contributed by atoms with Crippen LogP contribution in [0, 0.1) is 10.1 Å². The van der Waals surface area contributed by atoms with Crippen LogP contribution in [-0.4, -0.2) is 20.3 Å². The molecule has 0 atom stereocenters. The molecule has 0 N–H and O–H groups in total. The molecular weight excluding hydrogens is 302 g/mol. The smallest absolute Gasteiger partial charge is 0.358 e. The Labute approximate surface area is 111 Å². The number of halogens is 1. The number of ketones is 1. The highest BCUT2D eigenvalue weighted by molar-refractivity contribution is 9.10. The summed E-state index contributed by atoms with van der Waals surface area (Å²) in [6, 6.07) is 8.73. The lowest BCUT2D eigenvalue weighted by atomic mass is 10.1. The molecule has 1 aromatic carbocycles. The maximum Gasteiger partial charge on any atom is 0.396 e. The minimum absolute atomic E-state index is 0.00539. The van der Waals surface area contributed by atoms with E-state index in [1.807, 2.05) is 6.07 Å². The van der Waals surface area contributed by atoms with Crippen LogP contribution in [0.2, 0.25) is 0 Å². The first kappa shape index (κ1) is 12.4. The van der Waals surface area contributed by atoms with Crippen molar-refractivity contribution in [3.63, 3.8) is 0 Å². The largest absolute Gasteiger partial charge is 0.396 e. The molecule has 92 valence electrons.